The number of hydrogen-bond donors (Lipinski definition) is 2. The van der Waals surface area contributed by atoms with Crippen molar-refractivity contribution in [1.82, 2.24) is 5.43 Å². The normalized spacial score (nSPS) is 10.6. The van der Waals surface area contributed by atoms with Crippen molar-refractivity contribution in [2.24, 2.45) is 5.10 Å². The molecule has 2 N–H and O–H groups in total. The molecule has 7 heteroatoms. The van der Waals surface area contributed by atoms with Gasteiger partial charge in [0, 0.05) is 14.7 Å². The van der Waals surface area contributed by atoms with Gasteiger partial charge in [-0.25, -0.2) is 5.43 Å². The van der Waals surface area contributed by atoms with E-state index >= 15 is 0 Å². The highest BCUT2D eigenvalue weighted by atomic mass is 79.9. The molecule has 0 spiro atoms. The van der Waals surface area contributed by atoms with Crippen molar-refractivity contribution in [1.29, 1.82) is 0 Å². The van der Waals surface area contributed by atoms with E-state index in [0.29, 0.717) is 5.75 Å². The van der Waals surface area contributed by atoms with Crippen LogP contribution in [0.1, 0.15) is 4.88 Å². The van der Waals surface area contributed by atoms with Gasteiger partial charge in [0.05, 0.1) is 25.6 Å². The first-order valence-electron chi connectivity index (χ1n) is 6.12. The molecule has 2 aromatic rings. The molecule has 2 rings (SSSR count). The Morgan fingerprint density at radius 3 is 3.00 bits per heavy atom. The maximum atomic E-state index is 11.7. The standard InChI is InChI=1S/C14H14BrN3O2S/c1-20-13-5-3-2-4-12(13)16-8-14(19)18-17-7-11-6-10(15)9-21-11/h2-7,9,16H,8H2,1H3,(H,18,19)/b17-7-. The average molecular weight is 368 g/mol. The monoisotopic (exact) mass is 367 g/mol. The molecule has 0 unspecified atom stereocenters. The van der Waals surface area contributed by atoms with E-state index in [0.717, 1.165) is 15.0 Å². The number of amides is 1. The molecule has 0 saturated carbocycles. The summed E-state index contributed by atoms with van der Waals surface area (Å²) < 4.78 is 6.19. The van der Waals surface area contributed by atoms with E-state index in [1.807, 2.05) is 35.7 Å². The van der Waals surface area contributed by atoms with Crippen LogP contribution in [-0.4, -0.2) is 25.8 Å². The molecule has 0 atom stereocenters. The van der Waals surface area contributed by atoms with E-state index < -0.39 is 0 Å². The molecule has 1 amide bonds. The summed E-state index contributed by atoms with van der Waals surface area (Å²) in [5, 5.41) is 8.86. The van der Waals surface area contributed by atoms with Crippen molar-refractivity contribution < 1.29 is 9.53 Å². The molecule has 0 saturated heterocycles. The number of hydrogen-bond acceptors (Lipinski definition) is 5. The minimum Gasteiger partial charge on any atom is -0.495 e. The first-order valence-corrected chi connectivity index (χ1v) is 7.79. The van der Waals surface area contributed by atoms with Crippen LogP contribution in [0.15, 0.2) is 45.3 Å². The zero-order chi connectivity index (χ0) is 15.1. The molecule has 110 valence electrons. The summed E-state index contributed by atoms with van der Waals surface area (Å²) in [5.74, 6) is 0.463. The Labute approximate surface area is 135 Å². The molecule has 1 aromatic carbocycles. The Balaban J connectivity index is 1.81. The fourth-order valence-electron chi connectivity index (χ4n) is 1.57. The van der Waals surface area contributed by atoms with Crippen LogP contribution in [0.25, 0.3) is 0 Å². The van der Waals surface area contributed by atoms with E-state index in [9.17, 15) is 4.79 Å². The molecule has 0 fully saturated rings. The van der Waals surface area contributed by atoms with Crippen molar-refractivity contribution in [3.05, 3.63) is 45.1 Å². The van der Waals surface area contributed by atoms with E-state index in [1.165, 1.54) is 11.3 Å². The molecule has 5 nitrogen and oxygen atoms in total. The van der Waals surface area contributed by atoms with Gasteiger partial charge in [-0.1, -0.05) is 12.1 Å². The van der Waals surface area contributed by atoms with Crippen LogP contribution >= 0.6 is 27.3 Å². The molecular weight excluding hydrogens is 354 g/mol. The van der Waals surface area contributed by atoms with Gasteiger partial charge in [0.1, 0.15) is 5.75 Å². The third-order valence-electron chi connectivity index (χ3n) is 2.52. The Bertz CT molecular complexity index is 643. The van der Waals surface area contributed by atoms with Gasteiger partial charge in [-0.15, -0.1) is 11.3 Å². The van der Waals surface area contributed by atoms with Crippen LogP contribution in [-0.2, 0) is 4.79 Å². The number of carbonyl (C=O) groups excluding carboxylic acids is 1. The number of nitrogens with zero attached hydrogens (tertiary/aromatic N) is 1. The van der Waals surface area contributed by atoms with E-state index in [2.05, 4.69) is 31.8 Å². The number of halogens is 1. The molecule has 0 aliphatic heterocycles. The number of anilines is 1. The summed E-state index contributed by atoms with van der Waals surface area (Å²) in [6, 6.07) is 9.34. The molecule has 0 radical (unpaired) electrons. The maximum absolute atomic E-state index is 11.7. The summed E-state index contributed by atoms with van der Waals surface area (Å²) in [7, 11) is 1.59. The summed E-state index contributed by atoms with van der Waals surface area (Å²) in [6.07, 6.45) is 1.61. The van der Waals surface area contributed by atoms with Crippen LogP contribution in [0, 0.1) is 0 Å². The second-order valence-electron chi connectivity index (χ2n) is 4.01. The largest absolute Gasteiger partial charge is 0.495 e. The zero-order valence-corrected chi connectivity index (χ0v) is 13.7. The first-order chi connectivity index (χ1) is 10.2. The number of methoxy groups -OCH3 is 1. The lowest BCUT2D eigenvalue weighted by Crippen LogP contribution is -2.25. The van der Waals surface area contributed by atoms with Crippen LogP contribution in [0.5, 0.6) is 5.75 Å². The second-order valence-corrected chi connectivity index (χ2v) is 5.87. The van der Waals surface area contributed by atoms with Crippen LogP contribution in [0.4, 0.5) is 5.69 Å². The smallest absolute Gasteiger partial charge is 0.259 e. The zero-order valence-electron chi connectivity index (χ0n) is 11.3. The van der Waals surface area contributed by atoms with Crippen molar-refractivity contribution in [2.45, 2.75) is 0 Å². The summed E-state index contributed by atoms with van der Waals surface area (Å²) in [5.41, 5.74) is 3.23. The van der Waals surface area contributed by atoms with E-state index in [-0.39, 0.29) is 12.5 Å². The van der Waals surface area contributed by atoms with Gasteiger partial charge in [-0.05, 0) is 34.1 Å². The lowest BCUT2D eigenvalue weighted by Gasteiger charge is -2.09. The van der Waals surface area contributed by atoms with Crippen LogP contribution in [0.2, 0.25) is 0 Å². The fraction of sp³-hybridized carbons (Fsp3) is 0.143. The highest BCUT2D eigenvalue weighted by Crippen LogP contribution is 2.22. The Kier molecular flexibility index (Phi) is 5.77. The first kappa shape index (κ1) is 15.5. The number of para-hydroxylation sites is 2. The quantitative estimate of drug-likeness (QED) is 0.609. The number of hydrazone groups is 1. The maximum Gasteiger partial charge on any atom is 0.259 e. The van der Waals surface area contributed by atoms with Gasteiger partial charge in [-0.3, -0.25) is 4.79 Å². The number of thiophene rings is 1. The van der Waals surface area contributed by atoms with Gasteiger partial charge in [0.25, 0.3) is 5.91 Å². The van der Waals surface area contributed by atoms with Crippen molar-refractivity contribution >= 4 is 45.1 Å². The Hall–Kier alpha value is -1.86. The topological polar surface area (TPSA) is 62.7 Å². The van der Waals surface area contributed by atoms with Gasteiger partial charge in [0.15, 0.2) is 0 Å². The van der Waals surface area contributed by atoms with Crippen LogP contribution < -0.4 is 15.5 Å². The number of ether oxygens (including phenoxy) is 1. The van der Waals surface area contributed by atoms with Crippen molar-refractivity contribution in [2.75, 3.05) is 19.0 Å². The Morgan fingerprint density at radius 2 is 2.29 bits per heavy atom. The summed E-state index contributed by atoms with van der Waals surface area (Å²) >= 11 is 4.89. The minimum atomic E-state index is -0.229. The van der Waals surface area contributed by atoms with E-state index in [1.54, 1.807) is 13.3 Å². The molecule has 0 bridgehead atoms. The molecule has 1 heterocycles. The number of carbonyl (C=O) groups is 1. The van der Waals surface area contributed by atoms with Gasteiger partial charge in [0.2, 0.25) is 0 Å². The number of benzene rings is 1. The third kappa shape index (κ3) is 4.87. The Morgan fingerprint density at radius 1 is 1.48 bits per heavy atom. The summed E-state index contributed by atoms with van der Waals surface area (Å²) in [4.78, 5) is 12.6. The van der Waals surface area contributed by atoms with Crippen molar-refractivity contribution in [3.63, 3.8) is 0 Å². The highest BCUT2D eigenvalue weighted by molar-refractivity contribution is 9.10. The lowest BCUT2D eigenvalue weighted by molar-refractivity contribution is -0.119. The predicted molar refractivity (Wildman–Crippen MR) is 89.2 cm³/mol. The second kappa shape index (κ2) is 7.80. The van der Waals surface area contributed by atoms with Gasteiger partial charge < -0.3 is 10.1 Å². The fourth-order valence-corrected chi connectivity index (χ4v) is 2.87. The van der Waals surface area contributed by atoms with Gasteiger partial charge in [-0.2, -0.15) is 5.10 Å². The number of nitrogens with one attached hydrogen (secondary N) is 2. The van der Waals surface area contributed by atoms with Crippen LogP contribution in [0.3, 0.4) is 0 Å². The summed E-state index contributed by atoms with van der Waals surface area (Å²) in [6.45, 7) is 0.117. The van der Waals surface area contributed by atoms with E-state index in [4.69, 9.17) is 4.74 Å². The SMILES string of the molecule is COc1ccccc1NCC(=O)N/N=C\c1cc(Br)cs1. The molecule has 1 aromatic heterocycles. The predicted octanol–water partition coefficient (Wildman–Crippen LogP) is 3.08. The molecule has 21 heavy (non-hydrogen) atoms. The van der Waals surface area contributed by atoms with Crippen molar-refractivity contribution in [3.8, 4) is 5.75 Å². The molecule has 0 aliphatic rings. The number of rotatable bonds is 6. The average Bonchev–Trinajstić information content (AvgIpc) is 2.91. The molecular formula is C14H14BrN3O2S. The van der Waals surface area contributed by atoms with Gasteiger partial charge >= 0.3 is 0 Å². The lowest BCUT2D eigenvalue weighted by atomic mass is 10.3. The minimum absolute atomic E-state index is 0.117. The third-order valence-corrected chi connectivity index (χ3v) is 4.14. The molecule has 0 aliphatic carbocycles. The highest BCUT2D eigenvalue weighted by Gasteiger charge is 2.03.